The Kier molecular flexibility index (Phi) is 8.29. The van der Waals surface area contributed by atoms with Crippen LogP contribution in [0.4, 0.5) is 17.1 Å². The van der Waals surface area contributed by atoms with E-state index in [0.717, 1.165) is 46.5 Å². The molecular weight excluding hydrogens is 584 g/mol. The predicted molar refractivity (Wildman–Crippen MR) is 187 cm³/mol. The second-order valence-electron chi connectivity index (χ2n) is 13.1. The lowest BCUT2D eigenvalue weighted by atomic mass is 9.70. The molecule has 2 N–H and O–H groups in total. The number of phenols is 1. The second-order valence-corrected chi connectivity index (χ2v) is 13.1. The molecular formula is C41H40N2O4. The fourth-order valence-electron chi connectivity index (χ4n) is 7.78. The molecule has 0 spiro atoms. The number of fused-ring (bicyclic) bond motifs is 3. The Balaban J connectivity index is 1.09. The molecule has 238 valence electrons. The Morgan fingerprint density at radius 1 is 0.851 bits per heavy atom. The van der Waals surface area contributed by atoms with Gasteiger partial charge in [0.05, 0.1) is 30.2 Å². The average molecular weight is 625 g/mol. The second kappa shape index (κ2) is 12.7. The predicted octanol–water partition coefficient (Wildman–Crippen LogP) is 8.61. The quantitative estimate of drug-likeness (QED) is 0.117. The van der Waals surface area contributed by atoms with Crippen molar-refractivity contribution in [3.63, 3.8) is 0 Å². The molecule has 4 aromatic carbocycles. The first-order valence-corrected chi connectivity index (χ1v) is 16.5. The van der Waals surface area contributed by atoms with E-state index in [0.29, 0.717) is 24.5 Å². The Labute approximate surface area is 276 Å². The minimum Gasteiger partial charge on any atom is -0.507 e. The topological polar surface area (TPSA) is 78.9 Å². The van der Waals surface area contributed by atoms with Crippen LogP contribution in [0.2, 0.25) is 0 Å². The molecule has 2 saturated heterocycles. The lowest BCUT2D eigenvalue weighted by Gasteiger charge is -2.30. The highest BCUT2D eigenvalue weighted by molar-refractivity contribution is 6.22. The zero-order chi connectivity index (χ0) is 32.7. The molecule has 6 heteroatoms. The highest BCUT2D eigenvalue weighted by Crippen LogP contribution is 2.50. The number of imide groups is 1. The Bertz CT molecular complexity index is 1850. The first kappa shape index (κ1) is 30.7. The van der Waals surface area contributed by atoms with Gasteiger partial charge in [0, 0.05) is 17.3 Å². The van der Waals surface area contributed by atoms with Gasteiger partial charge in [-0.15, -0.1) is 0 Å². The number of para-hydroxylation sites is 1. The number of allylic oxidation sites excluding steroid dienone is 2. The smallest absolute Gasteiger partial charge is 0.238 e. The summed E-state index contributed by atoms with van der Waals surface area (Å²) in [6.07, 6.45) is 4.25. The first-order valence-electron chi connectivity index (χ1n) is 16.5. The van der Waals surface area contributed by atoms with Crippen LogP contribution in [0.15, 0.2) is 108 Å². The molecule has 47 heavy (non-hydrogen) atoms. The van der Waals surface area contributed by atoms with Crippen LogP contribution in [0.25, 0.3) is 11.6 Å². The summed E-state index contributed by atoms with van der Waals surface area (Å²) >= 11 is 0. The van der Waals surface area contributed by atoms with Crippen molar-refractivity contribution >= 4 is 40.5 Å². The number of ether oxygens (including phenoxy) is 1. The Morgan fingerprint density at radius 3 is 2.17 bits per heavy atom. The van der Waals surface area contributed by atoms with Crippen LogP contribution < -0.4 is 10.2 Å². The van der Waals surface area contributed by atoms with Crippen molar-refractivity contribution in [2.45, 2.75) is 46.1 Å². The van der Waals surface area contributed by atoms with Gasteiger partial charge in [0.25, 0.3) is 0 Å². The van der Waals surface area contributed by atoms with E-state index in [-0.39, 0.29) is 29.8 Å². The van der Waals surface area contributed by atoms with Gasteiger partial charge >= 0.3 is 0 Å². The number of rotatable bonds is 8. The van der Waals surface area contributed by atoms with Crippen LogP contribution in [0.3, 0.4) is 0 Å². The van der Waals surface area contributed by atoms with E-state index in [1.807, 2.05) is 98.8 Å². The molecule has 0 saturated carbocycles. The van der Waals surface area contributed by atoms with Crippen LogP contribution >= 0.6 is 0 Å². The summed E-state index contributed by atoms with van der Waals surface area (Å²) in [6.45, 7) is 6.41. The number of aryl methyl sites for hydroxylation is 2. The number of phenolic OH excluding ortho intramolecular Hbond substituents is 1. The number of hydrogen-bond acceptors (Lipinski definition) is 5. The summed E-state index contributed by atoms with van der Waals surface area (Å²) < 4.78 is 6.46. The monoisotopic (exact) mass is 624 g/mol. The standard InChI is InChI=1S/C41H40N2O4/c1-25-22-34-38(41(46)43(40(34)45)33-17-15-32(16-18-33)42-31-12-8-5-9-13-31)35-24-47-36(37(25)35)19-14-30(29-10-6-4-7-11-29)23-28-20-26(2)39(44)27(3)21-28/h4-13,15-18,20-21,23,34-36,38,42,44H,14,19,22,24H2,1-3H3/b30-23-/t34-,35+,36-,38-/m1/s1. The van der Waals surface area contributed by atoms with Crippen molar-refractivity contribution in [3.05, 3.63) is 130 Å². The fraction of sp³-hybridized carbons (Fsp3) is 0.268. The molecule has 0 aromatic heterocycles. The third kappa shape index (κ3) is 5.90. The fourth-order valence-corrected chi connectivity index (χ4v) is 7.78. The van der Waals surface area contributed by atoms with Crippen LogP contribution in [0.5, 0.6) is 5.75 Å². The number of aromatic hydroxyl groups is 1. The van der Waals surface area contributed by atoms with Gasteiger partial charge in [0.1, 0.15) is 5.75 Å². The highest BCUT2D eigenvalue weighted by atomic mass is 16.5. The maximum absolute atomic E-state index is 14.0. The van der Waals surface area contributed by atoms with E-state index >= 15 is 0 Å². The summed E-state index contributed by atoms with van der Waals surface area (Å²) in [5.74, 6) is -0.750. The summed E-state index contributed by atoms with van der Waals surface area (Å²) in [7, 11) is 0. The van der Waals surface area contributed by atoms with Crippen LogP contribution in [-0.4, -0.2) is 29.6 Å². The lowest BCUT2D eigenvalue weighted by Crippen LogP contribution is -2.34. The van der Waals surface area contributed by atoms with Crippen LogP contribution in [0, 0.1) is 31.6 Å². The van der Waals surface area contributed by atoms with Gasteiger partial charge in [-0.25, -0.2) is 0 Å². The zero-order valence-electron chi connectivity index (χ0n) is 27.1. The molecule has 0 unspecified atom stereocenters. The van der Waals surface area contributed by atoms with Gasteiger partial charge in [-0.2, -0.15) is 0 Å². The van der Waals surface area contributed by atoms with E-state index in [1.54, 1.807) is 0 Å². The number of amides is 2. The van der Waals surface area contributed by atoms with Gasteiger partial charge in [0.2, 0.25) is 11.8 Å². The highest BCUT2D eigenvalue weighted by Gasteiger charge is 2.56. The van der Waals surface area contributed by atoms with E-state index in [1.165, 1.54) is 21.6 Å². The molecule has 6 nitrogen and oxygen atoms in total. The Morgan fingerprint density at radius 2 is 1.49 bits per heavy atom. The maximum atomic E-state index is 14.0. The molecule has 2 amide bonds. The normalized spacial score (nSPS) is 22.4. The lowest BCUT2D eigenvalue weighted by molar-refractivity contribution is -0.122. The van der Waals surface area contributed by atoms with Crippen molar-refractivity contribution < 1.29 is 19.4 Å². The summed E-state index contributed by atoms with van der Waals surface area (Å²) in [4.78, 5) is 29.2. The number of anilines is 3. The number of benzene rings is 4. The number of carbonyl (C=O) groups excluding carboxylic acids is 2. The maximum Gasteiger partial charge on any atom is 0.238 e. The minimum absolute atomic E-state index is 0.0919. The molecule has 1 aliphatic carbocycles. The summed E-state index contributed by atoms with van der Waals surface area (Å²) in [5.41, 5.74) is 9.97. The van der Waals surface area contributed by atoms with Crippen molar-refractivity contribution in [3.8, 4) is 5.75 Å². The van der Waals surface area contributed by atoms with Crippen LogP contribution in [-0.2, 0) is 14.3 Å². The molecule has 3 aliphatic rings. The van der Waals surface area contributed by atoms with Crippen LogP contribution in [0.1, 0.15) is 48.4 Å². The number of carbonyl (C=O) groups is 2. The SMILES string of the molecule is CC1=C2[C@@H](CC/C(=C/c3cc(C)c(O)c(C)c3)c3ccccc3)OC[C@@H]2[C@@H]2C(=O)N(c3ccc(Nc4ccccc4)cc3)C(=O)[C@@H]2C1. The zero-order valence-corrected chi connectivity index (χ0v) is 27.1. The largest absolute Gasteiger partial charge is 0.507 e. The van der Waals surface area contributed by atoms with Crippen molar-refractivity contribution in [2.24, 2.45) is 17.8 Å². The van der Waals surface area contributed by atoms with Gasteiger partial charge < -0.3 is 15.2 Å². The third-order valence-electron chi connectivity index (χ3n) is 10.0. The van der Waals surface area contributed by atoms with Gasteiger partial charge in [-0.3, -0.25) is 14.5 Å². The molecule has 0 radical (unpaired) electrons. The Hall–Kier alpha value is -4.94. The van der Waals surface area contributed by atoms with E-state index in [4.69, 9.17) is 4.74 Å². The van der Waals surface area contributed by atoms with Gasteiger partial charge in [-0.1, -0.05) is 60.2 Å². The summed E-state index contributed by atoms with van der Waals surface area (Å²) in [6, 6.07) is 31.8. The molecule has 2 fully saturated rings. The number of nitrogens with zero attached hydrogens (tertiary/aromatic N) is 1. The molecule has 4 atom stereocenters. The number of hydrogen-bond donors (Lipinski definition) is 2. The molecule has 0 bridgehead atoms. The van der Waals surface area contributed by atoms with Crippen molar-refractivity contribution in [1.29, 1.82) is 0 Å². The van der Waals surface area contributed by atoms with Gasteiger partial charge in [0.15, 0.2) is 0 Å². The van der Waals surface area contributed by atoms with Crippen molar-refractivity contribution in [2.75, 3.05) is 16.8 Å². The minimum atomic E-state index is -0.402. The van der Waals surface area contributed by atoms with Gasteiger partial charge in [-0.05, 0) is 122 Å². The molecule has 4 aromatic rings. The van der Waals surface area contributed by atoms with E-state index in [9.17, 15) is 14.7 Å². The molecule has 2 heterocycles. The van der Waals surface area contributed by atoms with E-state index < -0.39 is 5.92 Å². The molecule has 2 aliphatic heterocycles. The first-order chi connectivity index (χ1) is 22.8. The number of nitrogens with one attached hydrogen (secondary N) is 1. The average Bonchev–Trinajstić information content (AvgIpc) is 3.61. The van der Waals surface area contributed by atoms with Crippen molar-refractivity contribution in [1.82, 2.24) is 0 Å². The van der Waals surface area contributed by atoms with E-state index in [2.05, 4.69) is 30.4 Å². The molecule has 7 rings (SSSR count). The summed E-state index contributed by atoms with van der Waals surface area (Å²) in [5, 5.41) is 13.7. The third-order valence-corrected chi connectivity index (χ3v) is 10.0.